The van der Waals surface area contributed by atoms with Crippen LogP contribution in [0.15, 0.2) is 24.3 Å². The highest BCUT2D eigenvalue weighted by molar-refractivity contribution is 5.92. The van der Waals surface area contributed by atoms with Gasteiger partial charge in [-0.05, 0) is 36.6 Å². The van der Waals surface area contributed by atoms with Gasteiger partial charge in [-0.2, -0.15) is 0 Å². The summed E-state index contributed by atoms with van der Waals surface area (Å²) in [5, 5.41) is 2.86. The first-order chi connectivity index (χ1) is 10.4. The highest BCUT2D eigenvalue weighted by Gasteiger charge is 2.13. The number of nitrogens with two attached hydrogens (primary N) is 1. The molecule has 0 heterocycles. The normalized spacial score (nSPS) is 11.0. The molecule has 1 aromatic carbocycles. The Hall–Kier alpha value is -1.88. The van der Waals surface area contributed by atoms with E-state index in [1.165, 1.54) is 5.56 Å². The second-order valence-electron chi connectivity index (χ2n) is 5.86. The van der Waals surface area contributed by atoms with E-state index in [1.54, 1.807) is 4.90 Å². The number of hydrogen-bond acceptors (Lipinski definition) is 3. The summed E-state index contributed by atoms with van der Waals surface area (Å²) in [6.45, 7) is 7.30. The molecular formula is C17H27N3O2. The highest BCUT2D eigenvalue weighted by Crippen LogP contribution is 2.17. The maximum atomic E-state index is 12.1. The van der Waals surface area contributed by atoms with Crippen molar-refractivity contribution in [1.82, 2.24) is 4.90 Å². The molecule has 2 amide bonds. The van der Waals surface area contributed by atoms with Crippen LogP contribution in [-0.2, 0) is 9.59 Å². The molecule has 1 aromatic rings. The number of anilines is 1. The number of nitrogens with zero attached hydrogens (tertiary/aromatic N) is 1. The van der Waals surface area contributed by atoms with Crippen molar-refractivity contribution >= 4 is 17.5 Å². The predicted molar refractivity (Wildman–Crippen MR) is 89.7 cm³/mol. The van der Waals surface area contributed by atoms with Crippen molar-refractivity contribution in [2.45, 2.75) is 39.5 Å². The molecule has 22 heavy (non-hydrogen) atoms. The number of nitrogens with one attached hydrogen (secondary N) is 1. The van der Waals surface area contributed by atoms with Crippen LogP contribution in [0.3, 0.4) is 0 Å². The van der Waals surface area contributed by atoms with Crippen LogP contribution in [0.4, 0.5) is 5.69 Å². The van der Waals surface area contributed by atoms with Crippen LogP contribution in [0.1, 0.15) is 45.1 Å². The van der Waals surface area contributed by atoms with E-state index >= 15 is 0 Å². The van der Waals surface area contributed by atoms with Crippen LogP contribution in [0, 0.1) is 0 Å². The summed E-state index contributed by atoms with van der Waals surface area (Å²) in [7, 11) is 0. The van der Waals surface area contributed by atoms with E-state index < -0.39 is 5.91 Å². The Morgan fingerprint density at radius 2 is 1.82 bits per heavy atom. The SMILES string of the molecule is CCCCN(CC(N)=O)CC(=O)Nc1ccc(C(C)C)cc1. The highest BCUT2D eigenvalue weighted by atomic mass is 16.2. The maximum absolute atomic E-state index is 12.1. The van der Waals surface area contributed by atoms with Gasteiger partial charge in [-0.25, -0.2) is 0 Å². The zero-order valence-corrected chi connectivity index (χ0v) is 13.8. The van der Waals surface area contributed by atoms with Crippen molar-refractivity contribution in [3.8, 4) is 0 Å². The first kappa shape index (κ1) is 18.2. The van der Waals surface area contributed by atoms with Gasteiger partial charge in [0.25, 0.3) is 0 Å². The number of carbonyl (C=O) groups is 2. The van der Waals surface area contributed by atoms with E-state index in [1.807, 2.05) is 24.3 Å². The number of rotatable bonds is 9. The first-order valence-corrected chi connectivity index (χ1v) is 7.82. The number of amides is 2. The number of benzene rings is 1. The first-order valence-electron chi connectivity index (χ1n) is 7.82. The molecule has 0 saturated heterocycles. The predicted octanol–water partition coefficient (Wildman–Crippen LogP) is 2.34. The average molecular weight is 305 g/mol. The zero-order chi connectivity index (χ0) is 16.5. The second kappa shape index (κ2) is 9.20. The molecule has 0 bridgehead atoms. The van der Waals surface area contributed by atoms with Gasteiger partial charge in [0.2, 0.25) is 11.8 Å². The molecule has 0 radical (unpaired) electrons. The Balaban J connectivity index is 2.56. The monoisotopic (exact) mass is 305 g/mol. The Labute approximate surface area is 132 Å². The van der Waals surface area contributed by atoms with Crippen LogP contribution < -0.4 is 11.1 Å². The number of hydrogen-bond donors (Lipinski definition) is 2. The molecule has 0 aromatic heterocycles. The van der Waals surface area contributed by atoms with Crippen LogP contribution in [0.5, 0.6) is 0 Å². The molecule has 0 aliphatic rings. The minimum absolute atomic E-state index is 0.111. The Bertz CT molecular complexity index is 483. The topological polar surface area (TPSA) is 75.4 Å². The Morgan fingerprint density at radius 3 is 2.32 bits per heavy atom. The molecule has 3 N–H and O–H groups in total. The van der Waals surface area contributed by atoms with E-state index in [2.05, 4.69) is 26.1 Å². The lowest BCUT2D eigenvalue weighted by Crippen LogP contribution is -2.39. The summed E-state index contributed by atoms with van der Waals surface area (Å²) in [4.78, 5) is 24.9. The third-order valence-electron chi connectivity index (χ3n) is 3.44. The zero-order valence-electron chi connectivity index (χ0n) is 13.8. The van der Waals surface area contributed by atoms with Gasteiger partial charge in [0, 0.05) is 5.69 Å². The molecule has 5 nitrogen and oxygen atoms in total. The van der Waals surface area contributed by atoms with Crippen molar-refractivity contribution in [2.24, 2.45) is 5.73 Å². The second-order valence-corrected chi connectivity index (χ2v) is 5.86. The molecule has 0 aliphatic carbocycles. The van der Waals surface area contributed by atoms with Crippen LogP contribution in [-0.4, -0.2) is 36.3 Å². The van der Waals surface area contributed by atoms with Gasteiger partial charge in [-0.15, -0.1) is 0 Å². The fourth-order valence-corrected chi connectivity index (χ4v) is 2.17. The fraction of sp³-hybridized carbons (Fsp3) is 0.529. The average Bonchev–Trinajstić information content (AvgIpc) is 2.44. The fourth-order valence-electron chi connectivity index (χ4n) is 2.17. The molecule has 122 valence electrons. The summed E-state index contributed by atoms with van der Waals surface area (Å²) in [6, 6.07) is 7.83. The minimum atomic E-state index is -0.412. The molecule has 0 aliphatic heterocycles. The molecule has 0 unspecified atom stereocenters. The molecule has 5 heteroatoms. The lowest BCUT2D eigenvalue weighted by Gasteiger charge is -2.19. The summed E-state index contributed by atoms with van der Waals surface area (Å²) < 4.78 is 0. The standard InChI is InChI=1S/C17H27N3O2/c1-4-5-10-20(11-16(18)21)12-17(22)19-15-8-6-14(7-9-15)13(2)3/h6-9,13H,4-5,10-12H2,1-3H3,(H2,18,21)(H,19,22). The van der Waals surface area contributed by atoms with Crippen molar-refractivity contribution < 1.29 is 9.59 Å². The molecule has 0 atom stereocenters. The summed E-state index contributed by atoms with van der Waals surface area (Å²) >= 11 is 0. The van der Waals surface area contributed by atoms with Gasteiger partial charge < -0.3 is 11.1 Å². The lowest BCUT2D eigenvalue weighted by molar-refractivity contribution is -0.121. The van der Waals surface area contributed by atoms with E-state index in [0.717, 1.165) is 18.5 Å². The third-order valence-corrected chi connectivity index (χ3v) is 3.44. The smallest absolute Gasteiger partial charge is 0.238 e. The minimum Gasteiger partial charge on any atom is -0.369 e. The largest absolute Gasteiger partial charge is 0.369 e. The van der Waals surface area contributed by atoms with Crippen molar-refractivity contribution in [3.05, 3.63) is 29.8 Å². The van der Waals surface area contributed by atoms with E-state index in [-0.39, 0.29) is 19.0 Å². The maximum Gasteiger partial charge on any atom is 0.238 e. The van der Waals surface area contributed by atoms with Gasteiger partial charge in [0.1, 0.15) is 0 Å². The Morgan fingerprint density at radius 1 is 1.18 bits per heavy atom. The molecule has 0 fully saturated rings. The van der Waals surface area contributed by atoms with Gasteiger partial charge >= 0.3 is 0 Å². The van der Waals surface area contributed by atoms with Crippen LogP contribution >= 0.6 is 0 Å². The Kier molecular flexibility index (Phi) is 7.60. The van der Waals surface area contributed by atoms with E-state index in [4.69, 9.17) is 5.73 Å². The van der Waals surface area contributed by atoms with Crippen LogP contribution in [0.25, 0.3) is 0 Å². The number of carbonyl (C=O) groups excluding carboxylic acids is 2. The quantitative estimate of drug-likeness (QED) is 0.735. The summed E-state index contributed by atoms with van der Waals surface area (Å²) in [5.74, 6) is -0.0790. The number of unbranched alkanes of at least 4 members (excludes halogenated alkanes) is 1. The van der Waals surface area contributed by atoms with Gasteiger partial charge in [-0.3, -0.25) is 14.5 Å². The molecular weight excluding hydrogens is 278 g/mol. The summed E-state index contributed by atoms with van der Waals surface area (Å²) in [5.41, 5.74) is 7.23. The molecule has 0 spiro atoms. The number of primary amides is 1. The van der Waals surface area contributed by atoms with Crippen molar-refractivity contribution in [2.75, 3.05) is 25.0 Å². The van der Waals surface area contributed by atoms with E-state index in [9.17, 15) is 9.59 Å². The van der Waals surface area contributed by atoms with Crippen molar-refractivity contribution in [3.63, 3.8) is 0 Å². The van der Waals surface area contributed by atoms with Gasteiger partial charge in [0.05, 0.1) is 13.1 Å². The van der Waals surface area contributed by atoms with Gasteiger partial charge in [-0.1, -0.05) is 39.3 Å². The van der Waals surface area contributed by atoms with Crippen LogP contribution in [0.2, 0.25) is 0 Å². The summed E-state index contributed by atoms with van der Waals surface area (Å²) in [6.07, 6.45) is 1.94. The lowest BCUT2D eigenvalue weighted by atomic mass is 10.0. The molecule has 0 saturated carbocycles. The third kappa shape index (κ3) is 6.72. The van der Waals surface area contributed by atoms with Gasteiger partial charge in [0.15, 0.2) is 0 Å². The van der Waals surface area contributed by atoms with E-state index in [0.29, 0.717) is 12.5 Å². The van der Waals surface area contributed by atoms with Crippen molar-refractivity contribution in [1.29, 1.82) is 0 Å². The molecule has 1 rings (SSSR count).